The van der Waals surface area contributed by atoms with Crippen molar-refractivity contribution in [3.05, 3.63) is 70.8 Å². The molecule has 0 spiro atoms. The third kappa shape index (κ3) is 3.41. The summed E-state index contributed by atoms with van der Waals surface area (Å²) in [6.45, 7) is 0. The first-order chi connectivity index (χ1) is 14.2. The van der Waals surface area contributed by atoms with E-state index in [0.717, 1.165) is 16.7 Å². The number of esters is 1. The van der Waals surface area contributed by atoms with E-state index in [9.17, 15) is 23.1 Å². The number of fused-ring (bicyclic) bond motifs is 3. The lowest BCUT2D eigenvalue weighted by Crippen LogP contribution is -2.56. The first-order valence-corrected chi connectivity index (χ1v) is 10.2. The number of hydrogen-bond acceptors (Lipinski definition) is 3. The summed E-state index contributed by atoms with van der Waals surface area (Å²) in [5, 5.41) is 10.4. The van der Waals surface area contributed by atoms with Crippen molar-refractivity contribution in [2.24, 2.45) is 5.92 Å². The molecule has 0 bridgehead atoms. The minimum Gasteiger partial charge on any atom is -0.465 e. The first-order valence-electron chi connectivity index (χ1n) is 10.2. The molecule has 0 radical (unpaired) electrons. The van der Waals surface area contributed by atoms with Gasteiger partial charge in [-0.25, -0.2) is 4.79 Å². The van der Waals surface area contributed by atoms with Crippen molar-refractivity contribution in [3.63, 3.8) is 0 Å². The van der Waals surface area contributed by atoms with Crippen molar-refractivity contribution in [2.45, 2.75) is 55.7 Å². The standard InChI is InChI=1S/C24H25F3O3/c1-30-21(28)18-8-10-20-17(13-18)7-9-19-15-23(29,24(25,26)27)12-11-22(19,20)14-16-5-3-2-4-6-16/h2-6,8,10,13,19,29H,7,9,11-12,14-15H2,1H3/t19-,22+,23-/m1/s1. The number of ether oxygens (including phenoxy) is 1. The largest absolute Gasteiger partial charge is 0.465 e. The number of rotatable bonds is 3. The van der Waals surface area contributed by atoms with Gasteiger partial charge in [-0.3, -0.25) is 0 Å². The van der Waals surface area contributed by atoms with Crippen LogP contribution < -0.4 is 0 Å². The van der Waals surface area contributed by atoms with Gasteiger partial charge in [0.15, 0.2) is 5.60 Å². The van der Waals surface area contributed by atoms with E-state index in [1.54, 1.807) is 6.07 Å². The van der Waals surface area contributed by atoms with E-state index < -0.39 is 23.2 Å². The van der Waals surface area contributed by atoms with Gasteiger partial charge >= 0.3 is 12.1 Å². The zero-order valence-corrected chi connectivity index (χ0v) is 16.8. The molecule has 3 atom stereocenters. The third-order valence-electron chi connectivity index (χ3n) is 7.07. The van der Waals surface area contributed by atoms with Crippen LogP contribution >= 0.6 is 0 Å². The molecule has 1 fully saturated rings. The van der Waals surface area contributed by atoms with Crippen molar-refractivity contribution in [2.75, 3.05) is 7.11 Å². The number of carbonyl (C=O) groups is 1. The van der Waals surface area contributed by atoms with E-state index in [0.29, 0.717) is 24.8 Å². The quantitative estimate of drug-likeness (QED) is 0.714. The summed E-state index contributed by atoms with van der Waals surface area (Å²) in [4.78, 5) is 12.0. The predicted octanol–water partition coefficient (Wildman–Crippen LogP) is 4.99. The van der Waals surface area contributed by atoms with E-state index in [4.69, 9.17) is 4.74 Å². The molecule has 0 aromatic heterocycles. The second kappa shape index (κ2) is 7.41. The lowest BCUT2D eigenvalue weighted by molar-refractivity contribution is -0.279. The molecule has 3 nitrogen and oxygen atoms in total. The van der Waals surface area contributed by atoms with Crippen molar-refractivity contribution in [1.82, 2.24) is 0 Å². The number of aryl methyl sites for hydroxylation is 1. The number of benzene rings is 2. The smallest absolute Gasteiger partial charge is 0.417 e. The second-order valence-corrected chi connectivity index (χ2v) is 8.65. The van der Waals surface area contributed by atoms with E-state index in [1.807, 2.05) is 42.5 Å². The van der Waals surface area contributed by atoms with E-state index in [1.165, 1.54) is 7.11 Å². The normalized spacial score (nSPS) is 28.4. The molecule has 0 unspecified atom stereocenters. The Morgan fingerprint density at radius 3 is 2.57 bits per heavy atom. The fraction of sp³-hybridized carbons (Fsp3) is 0.458. The molecule has 0 amide bonds. The number of alkyl halides is 3. The van der Waals surface area contributed by atoms with Crippen molar-refractivity contribution >= 4 is 5.97 Å². The molecule has 30 heavy (non-hydrogen) atoms. The van der Waals surface area contributed by atoms with E-state index >= 15 is 0 Å². The number of hydrogen-bond donors (Lipinski definition) is 1. The van der Waals surface area contributed by atoms with Crippen LogP contribution in [0.1, 0.15) is 52.7 Å². The highest BCUT2D eigenvalue weighted by atomic mass is 19.4. The molecular weight excluding hydrogens is 393 g/mol. The van der Waals surface area contributed by atoms with Gasteiger partial charge in [-0.15, -0.1) is 0 Å². The maximum atomic E-state index is 13.6. The van der Waals surface area contributed by atoms with Crippen LogP contribution in [0.2, 0.25) is 0 Å². The van der Waals surface area contributed by atoms with Gasteiger partial charge in [0.05, 0.1) is 12.7 Å². The lowest BCUT2D eigenvalue weighted by Gasteiger charge is -2.53. The fourth-order valence-electron chi connectivity index (χ4n) is 5.48. The minimum atomic E-state index is -4.64. The van der Waals surface area contributed by atoms with Crippen LogP contribution in [0.25, 0.3) is 0 Å². The Labute approximate surface area is 173 Å². The number of halogens is 3. The molecule has 2 aromatic carbocycles. The van der Waals surface area contributed by atoms with Gasteiger partial charge < -0.3 is 9.84 Å². The maximum Gasteiger partial charge on any atom is 0.417 e. The minimum absolute atomic E-state index is 0.243. The molecule has 160 valence electrons. The number of carbonyl (C=O) groups excluding carboxylic acids is 1. The summed E-state index contributed by atoms with van der Waals surface area (Å²) in [5.74, 6) is -0.721. The van der Waals surface area contributed by atoms with E-state index in [2.05, 4.69) is 0 Å². The highest BCUT2D eigenvalue weighted by molar-refractivity contribution is 5.89. The first kappa shape index (κ1) is 20.9. The maximum absolute atomic E-state index is 13.6. The summed E-state index contributed by atoms with van der Waals surface area (Å²) < 4.78 is 45.7. The zero-order valence-electron chi connectivity index (χ0n) is 16.8. The molecule has 0 heterocycles. The van der Waals surface area contributed by atoms with Crippen molar-refractivity contribution in [3.8, 4) is 0 Å². The van der Waals surface area contributed by atoms with Crippen LogP contribution in [0.3, 0.4) is 0 Å². The average Bonchev–Trinajstić information content (AvgIpc) is 2.73. The van der Waals surface area contributed by atoms with Gasteiger partial charge in [0.25, 0.3) is 0 Å². The number of aliphatic hydroxyl groups is 1. The average molecular weight is 418 g/mol. The van der Waals surface area contributed by atoms with Gasteiger partial charge in [-0.05, 0) is 73.3 Å². The summed E-state index contributed by atoms with van der Waals surface area (Å²) in [7, 11) is 1.33. The summed E-state index contributed by atoms with van der Waals surface area (Å²) in [5.41, 5.74) is 0.363. The van der Waals surface area contributed by atoms with Crippen LogP contribution in [0.5, 0.6) is 0 Å². The SMILES string of the molecule is COC(=O)c1ccc2c(c1)CC[C@@H]1C[C@@](O)(C(F)(F)F)CC[C@@]21Cc1ccccc1. The van der Waals surface area contributed by atoms with Crippen LogP contribution in [-0.4, -0.2) is 30.0 Å². The Hall–Kier alpha value is -2.34. The molecule has 2 aliphatic carbocycles. The second-order valence-electron chi connectivity index (χ2n) is 8.65. The summed E-state index contributed by atoms with van der Waals surface area (Å²) >= 11 is 0. The highest BCUT2D eigenvalue weighted by Gasteiger charge is 2.61. The lowest BCUT2D eigenvalue weighted by atomic mass is 9.52. The molecule has 6 heteroatoms. The molecule has 0 saturated heterocycles. The summed E-state index contributed by atoms with van der Waals surface area (Å²) in [6.07, 6.45) is -3.28. The Morgan fingerprint density at radius 2 is 1.90 bits per heavy atom. The Bertz CT molecular complexity index is 940. The van der Waals surface area contributed by atoms with Gasteiger partial charge in [-0.1, -0.05) is 36.4 Å². The third-order valence-corrected chi connectivity index (χ3v) is 7.07. The van der Waals surface area contributed by atoms with Gasteiger partial charge in [-0.2, -0.15) is 13.2 Å². The topological polar surface area (TPSA) is 46.5 Å². The highest BCUT2D eigenvalue weighted by Crippen LogP contribution is 2.57. The van der Waals surface area contributed by atoms with Gasteiger partial charge in [0.1, 0.15) is 0 Å². The Kier molecular flexibility index (Phi) is 5.17. The van der Waals surface area contributed by atoms with Crippen LogP contribution in [0.4, 0.5) is 13.2 Å². The summed E-state index contributed by atoms with van der Waals surface area (Å²) in [6, 6.07) is 15.2. The Morgan fingerprint density at radius 1 is 1.17 bits per heavy atom. The molecule has 4 rings (SSSR count). The van der Waals surface area contributed by atoms with E-state index in [-0.39, 0.29) is 25.2 Å². The molecule has 1 saturated carbocycles. The molecule has 0 aliphatic heterocycles. The van der Waals surface area contributed by atoms with Crippen molar-refractivity contribution in [1.29, 1.82) is 0 Å². The molecular formula is C24H25F3O3. The van der Waals surface area contributed by atoms with Crippen LogP contribution in [0, 0.1) is 5.92 Å². The Balaban J connectivity index is 1.79. The number of methoxy groups -OCH3 is 1. The zero-order chi connectivity index (χ0) is 21.6. The van der Waals surface area contributed by atoms with Crippen molar-refractivity contribution < 1.29 is 27.8 Å². The molecule has 1 N–H and O–H groups in total. The van der Waals surface area contributed by atoms with Gasteiger partial charge in [0.2, 0.25) is 0 Å². The predicted molar refractivity (Wildman–Crippen MR) is 106 cm³/mol. The van der Waals surface area contributed by atoms with Crippen LogP contribution in [0.15, 0.2) is 48.5 Å². The monoisotopic (exact) mass is 418 g/mol. The van der Waals surface area contributed by atoms with Gasteiger partial charge in [0, 0.05) is 5.41 Å². The fourth-order valence-corrected chi connectivity index (χ4v) is 5.48. The molecule has 2 aliphatic rings. The van der Waals surface area contributed by atoms with Crippen LogP contribution in [-0.2, 0) is 23.0 Å². The molecule has 2 aromatic rings.